The molecule has 0 saturated heterocycles. The second kappa shape index (κ2) is 6.30. The topological polar surface area (TPSA) is 63.2 Å². The first kappa shape index (κ1) is 20.4. The number of allylic oxidation sites excluding steroid dienone is 1. The first-order valence-corrected chi connectivity index (χ1v) is 11.7. The van der Waals surface area contributed by atoms with Crippen molar-refractivity contribution in [3.05, 3.63) is 11.6 Å². The first-order chi connectivity index (χ1) is 12.9. The summed E-state index contributed by atoms with van der Waals surface area (Å²) in [7, 11) is -5.32. The van der Waals surface area contributed by atoms with Gasteiger partial charge in [-0.15, -0.1) is 0 Å². The molecule has 0 bridgehead atoms. The molecule has 4 rings (SSSR count). The minimum atomic E-state index is -5.32. The molecule has 0 heterocycles. The van der Waals surface area contributed by atoms with Crippen LogP contribution in [0.5, 0.6) is 0 Å². The predicted molar refractivity (Wildman–Crippen MR) is 98.6 cm³/mol. The Hall–Kier alpha value is -0.890. The highest BCUT2D eigenvalue weighted by molar-refractivity contribution is 7.90. The van der Waals surface area contributed by atoms with Crippen molar-refractivity contribution in [2.45, 2.75) is 76.8 Å². The molecule has 28 heavy (non-hydrogen) atoms. The van der Waals surface area contributed by atoms with Crippen molar-refractivity contribution in [2.75, 3.05) is 0 Å². The fourth-order valence-corrected chi connectivity index (χ4v) is 7.59. The van der Waals surface area contributed by atoms with Crippen molar-refractivity contribution in [1.82, 2.24) is 4.72 Å². The summed E-state index contributed by atoms with van der Waals surface area (Å²) in [5.41, 5.74) is -4.48. The molecule has 4 nitrogen and oxygen atoms in total. The zero-order valence-electron chi connectivity index (χ0n) is 16.3. The van der Waals surface area contributed by atoms with Crippen LogP contribution in [0.4, 0.5) is 13.2 Å². The highest BCUT2D eigenvalue weighted by Crippen LogP contribution is 2.63. The second-order valence-corrected chi connectivity index (χ2v) is 11.4. The summed E-state index contributed by atoms with van der Waals surface area (Å²) in [6.07, 6.45) is 7.90. The van der Waals surface area contributed by atoms with Crippen molar-refractivity contribution in [3.8, 4) is 0 Å². The van der Waals surface area contributed by atoms with E-state index in [4.69, 9.17) is 0 Å². The fraction of sp³-hybridized carbons (Fsp3) is 0.850. The zero-order chi connectivity index (χ0) is 20.5. The van der Waals surface area contributed by atoms with Gasteiger partial charge in [0.1, 0.15) is 5.78 Å². The molecule has 0 aromatic rings. The molecular formula is C20H28F3NO3S. The Kier molecular flexibility index (Phi) is 4.59. The van der Waals surface area contributed by atoms with Crippen LogP contribution in [0.1, 0.15) is 65.2 Å². The van der Waals surface area contributed by atoms with Crippen LogP contribution in [0.25, 0.3) is 0 Å². The van der Waals surface area contributed by atoms with Gasteiger partial charge < -0.3 is 0 Å². The lowest BCUT2D eigenvalue weighted by Crippen LogP contribution is -2.52. The van der Waals surface area contributed by atoms with Crippen LogP contribution >= 0.6 is 0 Å². The Labute approximate surface area is 164 Å². The summed E-state index contributed by atoms with van der Waals surface area (Å²) < 4.78 is 63.0. The maximum Gasteiger partial charge on any atom is 0.511 e. The SMILES string of the molecule is C[C@]12CC[C@H](NS(=O)(=O)C(F)(F)F)CC1=CC[C@@H]1[C@@H]2CC[C@]2(C)C(=O)CC[C@@H]12. The van der Waals surface area contributed by atoms with E-state index >= 15 is 0 Å². The van der Waals surface area contributed by atoms with Crippen LogP contribution in [0.15, 0.2) is 11.6 Å². The number of rotatable bonds is 2. The number of fused-ring (bicyclic) bond motifs is 5. The normalized spacial score (nSPS) is 43.8. The smallest absolute Gasteiger partial charge is 0.299 e. The maximum atomic E-state index is 12.7. The highest BCUT2D eigenvalue weighted by atomic mass is 32.2. The van der Waals surface area contributed by atoms with Gasteiger partial charge in [-0.05, 0) is 68.1 Å². The molecule has 3 saturated carbocycles. The molecule has 4 aliphatic carbocycles. The first-order valence-electron chi connectivity index (χ1n) is 10.2. The van der Waals surface area contributed by atoms with E-state index in [1.54, 1.807) is 0 Å². The number of sulfonamides is 1. The third-order valence-electron chi connectivity index (χ3n) is 8.44. The molecule has 8 heteroatoms. The number of ketones is 1. The van der Waals surface area contributed by atoms with E-state index in [1.807, 2.05) is 4.72 Å². The van der Waals surface area contributed by atoms with Crippen LogP contribution in [-0.2, 0) is 14.8 Å². The summed E-state index contributed by atoms with van der Waals surface area (Å²) in [6.45, 7) is 4.32. The number of hydrogen-bond donors (Lipinski definition) is 1. The van der Waals surface area contributed by atoms with E-state index in [9.17, 15) is 26.4 Å². The molecule has 1 N–H and O–H groups in total. The number of carbonyl (C=O) groups excluding carboxylic acids is 1. The molecule has 6 atom stereocenters. The van der Waals surface area contributed by atoms with E-state index in [-0.39, 0.29) is 10.8 Å². The molecule has 4 aliphatic rings. The van der Waals surface area contributed by atoms with Crippen LogP contribution in [0.2, 0.25) is 0 Å². The minimum Gasteiger partial charge on any atom is -0.299 e. The molecule has 0 amide bonds. The van der Waals surface area contributed by atoms with Crippen molar-refractivity contribution in [2.24, 2.45) is 28.6 Å². The molecule has 158 valence electrons. The Bertz CT molecular complexity index is 821. The quantitative estimate of drug-likeness (QED) is 0.678. The van der Waals surface area contributed by atoms with Gasteiger partial charge in [-0.2, -0.15) is 13.2 Å². The molecule has 0 aromatic heterocycles. The number of halogens is 3. The van der Waals surface area contributed by atoms with E-state index in [0.717, 1.165) is 31.3 Å². The summed E-state index contributed by atoms with van der Waals surface area (Å²) in [5, 5.41) is 0. The van der Waals surface area contributed by atoms with Crippen molar-refractivity contribution >= 4 is 15.8 Å². The number of alkyl halides is 3. The molecule has 3 fully saturated rings. The van der Waals surface area contributed by atoms with Crippen molar-refractivity contribution < 1.29 is 26.4 Å². The van der Waals surface area contributed by atoms with E-state index in [0.29, 0.717) is 49.2 Å². The number of Topliss-reactive ketones (excluding diaryl/α,β-unsaturated/α-hetero) is 1. The molecule has 0 aliphatic heterocycles. The van der Waals surface area contributed by atoms with Crippen molar-refractivity contribution in [1.29, 1.82) is 0 Å². The molecule has 0 spiro atoms. The molecule has 0 unspecified atom stereocenters. The van der Waals surface area contributed by atoms with E-state index in [2.05, 4.69) is 19.9 Å². The number of carbonyl (C=O) groups is 1. The average Bonchev–Trinajstić information content (AvgIpc) is 2.89. The molecule has 0 radical (unpaired) electrons. The number of nitrogens with one attached hydrogen (secondary N) is 1. The zero-order valence-corrected chi connectivity index (χ0v) is 17.1. The number of hydrogen-bond acceptors (Lipinski definition) is 3. The Morgan fingerprint density at radius 2 is 1.71 bits per heavy atom. The molecular weight excluding hydrogens is 391 g/mol. The van der Waals surface area contributed by atoms with Gasteiger partial charge in [-0.25, -0.2) is 13.1 Å². The van der Waals surface area contributed by atoms with Crippen LogP contribution < -0.4 is 4.72 Å². The van der Waals surface area contributed by atoms with Gasteiger partial charge >= 0.3 is 15.5 Å². The average molecular weight is 420 g/mol. The summed E-state index contributed by atoms with van der Waals surface area (Å²) in [5.74, 6) is 1.66. The fourth-order valence-electron chi connectivity index (χ4n) is 6.82. The van der Waals surface area contributed by atoms with Gasteiger partial charge in [0.25, 0.3) is 0 Å². The lowest BCUT2D eigenvalue weighted by Gasteiger charge is -2.57. The molecule has 0 aromatic carbocycles. The van der Waals surface area contributed by atoms with Gasteiger partial charge in [0.05, 0.1) is 0 Å². The third-order valence-corrected chi connectivity index (χ3v) is 9.69. The lowest BCUT2D eigenvalue weighted by atomic mass is 9.48. The summed E-state index contributed by atoms with van der Waals surface area (Å²) in [4.78, 5) is 12.5. The van der Waals surface area contributed by atoms with E-state index < -0.39 is 21.6 Å². The monoisotopic (exact) mass is 419 g/mol. The van der Waals surface area contributed by atoms with Gasteiger partial charge in [-0.1, -0.05) is 25.5 Å². The van der Waals surface area contributed by atoms with Gasteiger partial charge in [0.15, 0.2) is 0 Å². The lowest BCUT2D eigenvalue weighted by molar-refractivity contribution is -0.131. The van der Waals surface area contributed by atoms with E-state index in [1.165, 1.54) is 0 Å². The Morgan fingerprint density at radius 3 is 2.39 bits per heavy atom. The standard InChI is InChI=1S/C20H28F3NO3S/c1-18-9-7-13(24-28(26,27)20(21,22)23)11-12(18)3-4-14-15-5-6-17(25)19(15,2)10-8-16(14)18/h3,13-16,24H,4-11H2,1-2H3/t13-,14-,15-,16-,18-,19-/m0/s1. The van der Waals surface area contributed by atoms with Crippen LogP contribution in [0, 0.1) is 28.6 Å². The Morgan fingerprint density at radius 1 is 1.07 bits per heavy atom. The van der Waals surface area contributed by atoms with Gasteiger partial charge in [0.2, 0.25) is 0 Å². The van der Waals surface area contributed by atoms with Crippen LogP contribution in [0.3, 0.4) is 0 Å². The second-order valence-electron chi connectivity index (χ2n) is 9.68. The van der Waals surface area contributed by atoms with Crippen molar-refractivity contribution in [3.63, 3.8) is 0 Å². The summed E-state index contributed by atoms with van der Waals surface area (Å²) in [6, 6.07) is -0.704. The highest BCUT2D eigenvalue weighted by Gasteiger charge is 2.59. The predicted octanol–water partition coefficient (Wildman–Crippen LogP) is 4.33. The minimum absolute atomic E-state index is 0.101. The summed E-state index contributed by atoms with van der Waals surface area (Å²) >= 11 is 0. The largest absolute Gasteiger partial charge is 0.511 e. The van der Waals surface area contributed by atoms with Crippen LogP contribution in [-0.4, -0.2) is 25.8 Å². The third kappa shape index (κ3) is 2.89. The maximum absolute atomic E-state index is 12.7. The van der Waals surface area contributed by atoms with Gasteiger partial charge in [-0.3, -0.25) is 4.79 Å². The Balaban J connectivity index is 1.55. The van der Waals surface area contributed by atoms with Gasteiger partial charge in [0, 0.05) is 17.9 Å².